The van der Waals surface area contributed by atoms with E-state index in [4.69, 9.17) is 0 Å². The molecule has 0 fully saturated rings. The van der Waals surface area contributed by atoms with Gasteiger partial charge >= 0.3 is 0 Å². The molecule has 33 heavy (non-hydrogen) atoms. The first-order chi connectivity index (χ1) is 16.0. The number of hydrogen-bond donors (Lipinski definition) is 1. The second kappa shape index (κ2) is 10.0. The van der Waals surface area contributed by atoms with Crippen molar-refractivity contribution < 1.29 is 9.59 Å². The average Bonchev–Trinajstić information content (AvgIpc) is 3.19. The van der Waals surface area contributed by atoms with Crippen LogP contribution >= 0.6 is 0 Å². The van der Waals surface area contributed by atoms with Crippen LogP contribution in [0, 0.1) is 0 Å². The quantitative estimate of drug-likeness (QED) is 0.329. The number of nitrogens with one attached hydrogen (secondary N) is 1. The lowest BCUT2D eigenvalue weighted by atomic mass is 10.1. The Labute approximate surface area is 193 Å². The highest BCUT2D eigenvalue weighted by Crippen LogP contribution is 2.23. The van der Waals surface area contributed by atoms with E-state index in [0.717, 1.165) is 23.0 Å². The summed E-state index contributed by atoms with van der Waals surface area (Å²) in [6.07, 6.45) is 5.32. The van der Waals surface area contributed by atoms with E-state index in [2.05, 4.69) is 34.4 Å². The van der Waals surface area contributed by atoms with Gasteiger partial charge in [-0.3, -0.25) is 15.0 Å². The molecule has 0 saturated carbocycles. The van der Waals surface area contributed by atoms with Crippen LogP contribution in [0.15, 0.2) is 97.2 Å². The second-order valence-corrected chi connectivity index (χ2v) is 8.16. The molecular formula is C28H27N3O2. The number of para-hydroxylation sites is 1. The molecule has 4 aromatic rings. The van der Waals surface area contributed by atoms with Gasteiger partial charge in [-0.05, 0) is 43.7 Å². The van der Waals surface area contributed by atoms with Crippen LogP contribution in [0.4, 0.5) is 0 Å². The van der Waals surface area contributed by atoms with Crippen LogP contribution in [0.2, 0.25) is 0 Å². The Bertz CT molecular complexity index is 1270. The number of rotatable bonds is 6. The molecule has 1 N–H and O–H groups in total. The van der Waals surface area contributed by atoms with E-state index in [1.807, 2.05) is 56.3 Å². The molecule has 1 aromatic heterocycles. The van der Waals surface area contributed by atoms with Gasteiger partial charge in [-0.25, -0.2) is 5.01 Å². The minimum atomic E-state index is -0.354. The molecule has 0 atom stereocenters. The van der Waals surface area contributed by atoms with Crippen molar-refractivity contribution in [3.63, 3.8) is 0 Å². The van der Waals surface area contributed by atoms with Crippen molar-refractivity contribution in [1.82, 2.24) is 15.0 Å². The Morgan fingerprint density at radius 1 is 0.909 bits per heavy atom. The third-order valence-electron chi connectivity index (χ3n) is 5.42. The van der Waals surface area contributed by atoms with E-state index in [0.29, 0.717) is 5.56 Å². The zero-order valence-electron chi connectivity index (χ0n) is 18.8. The Balaban J connectivity index is 1.54. The van der Waals surface area contributed by atoms with Gasteiger partial charge in [0.25, 0.3) is 11.8 Å². The van der Waals surface area contributed by atoms with Gasteiger partial charge in [-0.2, -0.15) is 0 Å². The van der Waals surface area contributed by atoms with Crippen molar-refractivity contribution in [2.24, 2.45) is 0 Å². The third-order valence-corrected chi connectivity index (χ3v) is 5.42. The van der Waals surface area contributed by atoms with Crippen molar-refractivity contribution in [2.45, 2.75) is 26.4 Å². The number of carbonyl (C=O) groups is 2. The largest absolute Gasteiger partial charge is 0.342 e. The summed E-state index contributed by atoms with van der Waals surface area (Å²) in [6.45, 7) is 4.47. The van der Waals surface area contributed by atoms with E-state index in [1.165, 1.54) is 16.6 Å². The molecule has 0 saturated heterocycles. The summed E-state index contributed by atoms with van der Waals surface area (Å²) in [4.78, 5) is 25.5. The highest BCUT2D eigenvalue weighted by molar-refractivity contribution is 5.99. The van der Waals surface area contributed by atoms with Gasteiger partial charge in [0.05, 0.1) is 0 Å². The van der Waals surface area contributed by atoms with Gasteiger partial charge in [0.15, 0.2) is 0 Å². The van der Waals surface area contributed by atoms with Crippen LogP contribution in [-0.2, 0) is 11.3 Å². The number of nitrogens with zero attached hydrogens (tertiary/aromatic N) is 2. The Morgan fingerprint density at radius 2 is 1.55 bits per heavy atom. The molecule has 166 valence electrons. The third kappa shape index (κ3) is 5.21. The standard InChI is InChI=1S/C28H27N3O2/c1-21(2)31(28(33)23-13-7-4-8-14-23)29-27(32)18-17-24-20-30(19-22-11-5-3-6-12-22)26-16-10-9-15-25(24)26/h3-18,20-21H,19H2,1-2H3,(H,29,32)/b18-17+. The number of fused-ring (bicyclic) bond motifs is 1. The zero-order chi connectivity index (χ0) is 23.2. The molecule has 1 heterocycles. The van der Waals surface area contributed by atoms with Gasteiger partial charge in [-0.1, -0.05) is 66.7 Å². The number of carbonyl (C=O) groups excluding carboxylic acids is 2. The number of amides is 2. The number of hydrogen-bond acceptors (Lipinski definition) is 2. The first-order valence-electron chi connectivity index (χ1n) is 11.0. The molecule has 2 amide bonds. The van der Waals surface area contributed by atoms with Crippen LogP contribution in [0.1, 0.15) is 35.3 Å². The minimum absolute atomic E-state index is 0.192. The fourth-order valence-corrected chi connectivity index (χ4v) is 3.77. The van der Waals surface area contributed by atoms with E-state index in [-0.39, 0.29) is 17.9 Å². The van der Waals surface area contributed by atoms with Crippen molar-refractivity contribution in [1.29, 1.82) is 0 Å². The van der Waals surface area contributed by atoms with Crippen LogP contribution in [0.5, 0.6) is 0 Å². The molecule has 0 aliphatic carbocycles. The first-order valence-corrected chi connectivity index (χ1v) is 11.0. The molecule has 0 radical (unpaired) electrons. The lowest BCUT2D eigenvalue weighted by Crippen LogP contribution is -2.49. The summed E-state index contributed by atoms with van der Waals surface area (Å²) < 4.78 is 2.18. The normalized spacial score (nSPS) is 11.2. The molecule has 0 spiro atoms. The van der Waals surface area contributed by atoms with Gasteiger partial charge < -0.3 is 4.57 Å². The zero-order valence-corrected chi connectivity index (χ0v) is 18.8. The van der Waals surface area contributed by atoms with Crippen LogP contribution < -0.4 is 5.43 Å². The fourth-order valence-electron chi connectivity index (χ4n) is 3.77. The topological polar surface area (TPSA) is 54.3 Å². The van der Waals surface area contributed by atoms with Crippen molar-refractivity contribution in [2.75, 3.05) is 0 Å². The Hall–Kier alpha value is -4.12. The lowest BCUT2D eigenvalue weighted by molar-refractivity contribution is -0.120. The molecule has 4 rings (SSSR count). The molecule has 5 heteroatoms. The summed E-state index contributed by atoms with van der Waals surface area (Å²) in [5.74, 6) is -0.598. The summed E-state index contributed by atoms with van der Waals surface area (Å²) in [5.41, 5.74) is 6.51. The van der Waals surface area contributed by atoms with E-state index >= 15 is 0 Å². The first kappa shape index (κ1) is 22.1. The summed E-state index contributed by atoms with van der Waals surface area (Å²) in [6, 6.07) is 27.1. The average molecular weight is 438 g/mol. The van der Waals surface area contributed by atoms with Gasteiger partial charge in [-0.15, -0.1) is 0 Å². The van der Waals surface area contributed by atoms with E-state index in [9.17, 15) is 9.59 Å². The van der Waals surface area contributed by atoms with Crippen molar-refractivity contribution >= 4 is 28.8 Å². The van der Waals surface area contributed by atoms with Crippen molar-refractivity contribution in [3.05, 3.63) is 114 Å². The number of hydrazine groups is 1. The molecule has 0 bridgehead atoms. The maximum absolute atomic E-state index is 12.8. The van der Waals surface area contributed by atoms with E-state index < -0.39 is 0 Å². The molecular weight excluding hydrogens is 410 g/mol. The number of aromatic nitrogens is 1. The summed E-state index contributed by atoms with van der Waals surface area (Å²) >= 11 is 0. The van der Waals surface area contributed by atoms with E-state index in [1.54, 1.807) is 30.3 Å². The lowest BCUT2D eigenvalue weighted by Gasteiger charge is -2.26. The molecule has 5 nitrogen and oxygen atoms in total. The van der Waals surface area contributed by atoms with Crippen molar-refractivity contribution in [3.8, 4) is 0 Å². The number of benzene rings is 3. The van der Waals surface area contributed by atoms with Crippen LogP contribution in [0.3, 0.4) is 0 Å². The van der Waals surface area contributed by atoms with Crippen LogP contribution in [-0.4, -0.2) is 27.4 Å². The summed E-state index contributed by atoms with van der Waals surface area (Å²) in [5, 5.41) is 2.43. The molecule has 0 unspecified atom stereocenters. The molecule has 0 aliphatic rings. The Kier molecular flexibility index (Phi) is 6.69. The van der Waals surface area contributed by atoms with Gasteiger partial charge in [0.2, 0.25) is 0 Å². The minimum Gasteiger partial charge on any atom is -0.342 e. The summed E-state index contributed by atoms with van der Waals surface area (Å²) in [7, 11) is 0. The highest BCUT2D eigenvalue weighted by atomic mass is 16.2. The molecule has 3 aromatic carbocycles. The maximum Gasteiger partial charge on any atom is 0.272 e. The SMILES string of the molecule is CC(C)N(NC(=O)/C=C/c1cn(Cc2ccccc2)c2ccccc12)C(=O)c1ccccc1. The van der Waals surface area contributed by atoms with Gasteiger partial charge in [0.1, 0.15) is 0 Å². The Morgan fingerprint density at radius 3 is 2.24 bits per heavy atom. The fraction of sp³-hybridized carbons (Fsp3) is 0.143. The predicted octanol–water partition coefficient (Wildman–Crippen LogP) is 5.28. The van der Waals surface area contributed by atoms with Crippen LogP contribution in [0.25, 0.3) is 17.0 Å². The smallest absolute Gasteiger partial charge is 0.272 e. The van der Waals surface area contributed by atoms with Gasteiger partial charge in [0, 0.05) is 46.9 Å². The molecule has 0 aliphatic heterocycles. The maximum atomic E-state index is 12.8. The second-order valence-electron chi connectivity index (χ2n) is 8.16. The monoisotopic (exact) mass is 437 g/mol. The highest BCUT2D eigenvalue weighted by Gasteiger charge is 2.20. The predicted molar refractivity (Wildman–Crippen MR) is 132 cm³/mol.